The predicted octanol–water partition coefficient (Wildman–Crippen LogP) is 2.64. The third-order valence-corrected chi connectivity index (χ3v) is 6.09. The van der Waals surface area contributed by atoms with Crippen LogP contribution in [0.5, 0.6) is 0 Å². The van der Waals surface area contributed by atoms with E-state index < -0.39 is 17.1 Å². The smallest absolute Gasteiger partial charge is 0.269 e. The average Bonchev–Trinajstić information content (AvgIpc) is 3.29. The van der Waals surface area contributed by atoms with E-state index in [2.05, 4.69) is 15.0 Å². The van der Waals surface area contributed by atoms with E-state index in [9.17, 15) is 20.3 Å². The Kier molecular flexibility index (Phi) is 5.79. The van der Waals surface area contributed by atoms with Crippen molar-refractivity contribution in [3.8, 4) is 0 Å². The van der Waals surface area contributed by atoms with Crippen molar-refractivity contribution in [2.75, 3.05) is 6.61 Å². The van der Waals surface area contributed by atoms with Gasteiger partial charge in [0, 0.05) is 30.5 Å². The van der Waals surface area contributed by atoms with E-state index in [1.54, 1.807) is 18.3 Å². The van der Waals surface area contributed by atoms with E-state index in [4.69, 9.17) is 16.3 Å². The number of non-ortho nitro benzene ring substituents is 1. The fraction of sp³-hybridized carbons (Fsp3) is 0.389. The van der Waals surface area contributed by atoms with Crippen molar-refractivity contribution in [2.24, 2.45) is 4.99 Å². The number of aliphatic hydroxyl groups is 2. The topological polar surface area (TPSA) is 131 Å². The fourth-order valence-electron chi connectivity index (χ4n) is 3.40. The molecule has 1 fully saturated rings. The van der Waals surface area contributed by atoms with Gasteiger partial charge in [0.25, 0.3) is 5.69 Å². The molecule has 2 aliphatic heterocycles. The molecule has 1 saturated heterocycles. The Morgan fingerprint density at radius 1 is 1.31 bits per heavy atom. The molecule has 152 valence electrons. The Hall–Kier alpha value is -2.11. The lowest BCUT2D eigenvalue weighted by molar-refractivity contribution is -0.384. The highest BCUT2D eigenvalue weighted by Gasteiger charge is 2.41. The number of nitro benzene ring substituents is 1. The van der Waals surface area contributed by atoms with E-state index in [0.29, 0.717) is 28.6 Å². The quantitative estimate of drug-likeness (QED) is 0.232. The van der Waals surface area contributed by atoms with Gasteiger partial charge >= 0.3 is 0 Å². The molecule has 0 bridgehead atoms. The van der Waals surface area contributed by atoms with Crippen LogP contribution in [-0.4, -0.2) is 56.2 Å². The normalized spacial score (nSPS) is 25.3. The van der Waals surface area contributed by atoms with Crippen molar-refractivity contribution in [3.05, 3.63) is 50.9 Å². The van der Waals surface area contributed by atoms with Gasteiger partial charge in [0.15, 0.2) is 0 Å². The van der Waals surface area contributed by atoms with Gasteiger partial charge in [-0.15, -0.1) is 0 Å². The number of nitro groups is 1. The maximum Gasteiger partial charge on any atom is 0.269 e. The number of aliphatic hydroxyl groups excluding tert-OH is 2. The number of nitrogens with zero attached hydrogens (tertiary/aromatic N) is 4. The zero-order valence-corrected chi connectivity index (χ0v) is 16.6. The number of benzene rings is 1. The molecule has 0 amide bonds. The average molecular weight is 437 g/mol. The van der Waals surface area contributed by atoms with Gasteiger partial charge in [0.2, 0.25) is 5.28 Å². The number of thioether (sulfide) groups is 1. The van der Waals surface area contributed by atoms with Crippen LogP contribution >= 0.6 is 23.4 Å². The first kappa shape index (κ1) is 20.2. The van der Waals surface area contributed by atoms with Crippen molar-refractivity contribution >= 4 is 41.0 Å². The van der Waals surface area contributed by atoms with E-state index in [-0.39, 0.29) is 29.6 Å². The molecule has 0 aliphatic carbocycles. The number of aliphatic imine (C=N–C) groups is 1. The van der Waals surface area contributed by atoms with Crippen LogP contribution in [0.1, 0.15) is 23.6 Å². The van der Waals surface area contributed by atoms with E-state index in [0.717, 1.165) is 5.56 Å². The summed E-state index contributed by atoms with van der Waals surface area (Å²) in [6.07, 6.45) is 0.365. The standard InChI is InChI=1S/C18H17ClN4O5S/c19-18-21-15-11(13-5-12(25)14(7-24)28-13)6-20-16(15)17(22-18)29-8-9-1-3-10(4-2-9)23(26)27/h1-4,6,11-14,24-25H,5,7-8H2. The molecule has 2 aliphatic rings. The number of halogens is 1. The molecular formula is C18H17ClN4O5S. The number of hydrogen-bond acceptors (Lipinski definition) is 9. The van der Waals surface area contributed by atoms with E-state index >= 15 is 0 Å². The monoisotopic (exact) mass is 436 g/mol. The summed E-state index contributed by atoms with van der Waals surface area (Å²) < 4.78 is 5.75. The second-order valence-corrected chi connectivity index (χ2v) is 8.05. The van der Waals surface area contributed by atoms with Crippen molar-refractivity contribution in [1.29, 1.82) is 0 Å². The van der Waals surface area contributed by atoms with Gasteiger partial charge in [0.1, 0.15) is 16.8 Å². The maximum atomic E-state index is 10.8. The molecule has 3 heterocycles. The van der Waals surface area contributed by atoms with Gasteiger partial charge in [-0.3, -0.25) is 15.1 Å². The highest BCUT2D eigenvalue weighted by Crippen LogP contribution is 2.43. The predicted molar refractivity (Wildman–Crippen MR) is 107 cm³/mol. The minimum absolute atomic E-state index is 0.0390. The van der Waals surface area contributed by atoms with Crippen LogP contribution in [0.2, 0.25) is 5.28 Å². The fourth-order valence-corrected chi connectivity index (χ4v) is 4.56. The van der Waals surface area contributed by atoms with Gasteiger partial charge in [0.05, 0.1) is 35.3 Å². The Bertz CT molecular complexity index is 958. The first-order chi connectivity index (χ1) is 14.0. The van der Waals surface area contributed by atoms with Gasteiger partial charge in [-0.25, -0.2) is 9.97 Å². The lowest BCUT2D eigenvalue weighted by Gasteiger charge is -2.17. The number of hydrogen-bond donors (Lipinski definition) is 2. The lowest BCUT2D eigenvalue weighted by Crippen LogP contribution is -2.25. The molecule has 1 aromatic heterocycles. The molecule has 1 aromatic carbocycles. The van der Waals surface area contributed by atoms with Crippen LogP contribution in [0.15, 0.2) is 34.3 Å². The van der Waals surface area contributed by atoms with Crippen LogP contribution in [-0.2, 0) is 10.5 Å². The van der Waals surface area contributed by atoms with Crippen molar-refractivity contribution in [2.45, 2.75) is 41.4 Å². The summed E-state index contributed by atoms with van der Waals surface area (Å²) in [7, 11) is 0. The molecule has 11 heteroatoms. The molecule has 4 unspecified atom stereocenters. The van der Waals surface area contributed by atoms with Gasteiger partial charge in [-0.1, -0.05) is 23.9 Å². The lowest BCUT2D eigenvalue weighted by atomic mass is 9.97. The molecule has 0 saturated carbocycles. The molecule has 2 aromatic rings. The maximum absolute atomic E-state index is 10.8. The second-order valence-electron chi connectivity index (χ2n) is 6.75. The summed E-state index contributed by atoms with van der Waals surface area (Å²) >= 11 is 7.53. The highest BCUT2D eigenvalue weighted by atomic mass is 35.5. The molecule has 0 spiro atoms. The summed E-state index contributed by atoms with van der Waals surface area (Å²) in [5, 5.41) is 30.8. The minimum atomic E-state index is -0.740. The summed E-state index contributed by atoms with van der Waals surface area (Å²) in [6, 6.07) is 6.32. The number of rotatable bonds is 6. The minimum Gasteiger partial charge on any atom is -0.394 e. The first-order valence-corrected chi connectivity index (χ1v) is 10.2. The summed E-state index contributed by atoms with van der Waals surface area (Å²) in [4.78, 5) is 23.4. The Labute approximate surface area is 175 Å². The second kappa shape index (κ2) is 8.33. The first-order valence-electron chi connectivity index (χ1n) is 8.88. The molecule has 4 rings (SSSR count). The zero-order valence-electron chi connectivity index (χ0n) is 15.0. The summed E-state index contributed by atoms with van der Waals surface area (Å²) in [6.45, 7) is -0.255. The third-order valence-electron chi connectivity index (χ3n) is 4.89. The highest BCUT2D eigenvalue weighted by molar-refractivity contribution is 7.98. The zero-order chi connectivity index (χ0) is 20.5. The van der Waals surface area contributed by atoms with Crippen LogP contribution in [0.25, 0.3) is 0 Å². The molecule has 0 radical (unpaired) electrons. The number of aromatic nitrogens is 2. The number of fused-ring (bicyclic) bond motifs is 1. The van der Waals surface area contributed by atoms with Crippen molar-refractivity contribution in [1.82, 2.24) is 9.97 Å². The molecular weight excluding hydrogens is 420 g/mol. The molecule has 29 heavy (non-hydrogen) atoms. The van der Waals surface area contributed by atoms with Crippen LogP contribution in [0.4, 0.5) is 11.4 Å². The van der Waals surface area contributed by atoms with Crippen molar-refractivity contribution < 1.29 is 19.9 Å². The molecule has 2 N–H and O–H groups in total. The van der Waals surface area contributed by atoms with Crippen molar-refractivity contribution in [3.63, 3.8) is 0 Å². The van der Waals surface area contributed by atoms with Crippen LogP contribution < -0.4 is 0 Å². The Morgan fingerprint density at radius 3 is 2.72 bits per heavy atom. The van der Waals surface area contributed by atoms with Gasteiger partial charge in [-0.05, 0) is 17.2 Å². The largest absolute Gasteiger partial charge is 0.394 e. The number of ether oxygens (including phenoxy) is 1. The van der Waals surface area contributed by atoms with E-state index in [1.807, 2.05) is 0 Å². The molecule has 4 atom stereocenters. The van der Waals surface area contributed by atoms with Crippen LogP contribution in [0.3, 0.4) is 0 Å². The van der Waals surface area contributed by atoms with E-state index in [1.165, 1.54) is 23.9 Å². The summed E-state index contributed by atoms with van der Waals surface area (Å²) in [5.74, 6) is 0.249. The summed E-state index contributed by atoms with van der Waals surface area (Å²) in [5.41, 5.74) is 2.18. The Morgan fingerprint density at radius 2 is 2.07 bits per heavy atom. The van der Waals surface area contributed by atoms with Gasteiger partial charge < -0.3 is 14.9 Å². The molecule has 9 nitrogen and oxygen atoms in total. The van der Waals surface area contributed by atoms with Crippen LogP contribution in [0, 0.1) is 10.1 Å². The SMILES string of the molecule is O=[N+]([O-])c1ccc(CSc2nc(Cl)nc3c2N=CC3C2CC(O)C(CO)O2)cc1. The third kappa shape index (κ3) is 4.12. The van der Waals surface area contributed by atoms with Gasteiger partial charge in [-0.2, -0.15) is 0 Å². The Balaban J connectivity index is 1.52.